The summed E-state index contributed by atoms with van der Waals surface area (Å²) in [6.07, 6.45) is 5.02. The molecule has 0 spiro atoms. The van der Waals surface area contributed by atoms with E-state index < -0.39 is 11.5 Å². The third-order valence-electron chi connectivity index (χ3n) is 5.09. The van der Waals surface area contributed by atoms with Crippen molar-refractivity contribution in [2.24, 2.45) is 23.2 Å². The van der Waals surface area contributed by atoms with Gasteiger partial charge in [-0.25, -0.2) is 4.79 Å². The first kappa shape index (κ1) is 12.9. The zero-order valence-corrected chi connectivity index (χ0v) is 11.7. The molecule has 4 rings (SSSR count). The van der Waals surface area contributed by atoms with Gasteiger partial charge in [-0.05, 0) is 31.1 Å². The Balaban J connectivity index is 1.67. The van der Waals surface area contributed by atoms with Gasteiger partial charge in [-0.2, -0.15) is 0 Å². The van der Waals surface area contributed by atoms with Crippen molar-refractivity contribution in [3.05, 3.63) is 0 Å². The molecule has 3 saturated carbocycles. The molecule has 0 N–H and O–H groups in total. The van der Waals surface area contributed by atoms with Gasteiger partial charge in [0.05, 0.1) is 5.92 Å². The van der Waals surface area contributed by atoms with E-state index in [4.69, 9.17) is 9.47 Å². The fraction of sp³-hybridized carbons (Fsp3) is 0.867. The van der Waals surface area contributed by atoms with Crippen molar-refractivity contribution in [1.29, 1.82) is 0 Å². The van der Waals surface area contributed by atoms with Crippen molar-refractivity contribution in [3.8, 4) is 0 Å². The van der Waals surface area contributed by atoms with E-state index in [9.17, 15) is 9.59 Å². The molecule has 106 valence electrons. The van der Waals surface area contributed by atoms with Crippen LogP contribution in [0.15, 0.2) is 0 Å². The molecule has 0 radical (unpaired) electrons. The number of hydrogen-bond donors (Lipinski definition) is 0. The number of cyclic esters (lactones) is 1. The summed E-state index contributed by atoms with van der Waals surface area (Å²) in [6.45, 7) is 4.15. The van der Waals surface area contributed by atoms with Crippen LogP contribution in [0.3, 0.4) is 0 Å². The van der Waals surface area contributed by atoms with Crippen LogP contribution >= 0.6 is 0 Å². The van der Waals surface area contributed by atoms with Crippen LogP contribution in [0.2, 0.25) is 0 Å². The Morgan fingerprint density at radius 3 is 2.42 bits per heavy atom. The third kappa shape index (κ3) is 2.26. The van der Waals surface area contributed by atoms with Gasteiger partial charge in [0.15, 0.2) is 0 Å². The van der Waals surface area contributed by atoms with Gasteiger partial charge < -0.3 is 9.47 Å². The second-order valence-electron chi connectivity index (χ2n) is 7.04. The number of ether oxygens (including phenoxy) is 2. The molecule has 3 aliphatic carbocycles. The third-order valence-corrected chi connectivity index (χ3v) is 5.09. The Hall–Kier alpha value is -1.06. The van der Waals surface area contributed by atoms with Crippen LogP contribution in [-0.4, -0.2) is 24.6 Å². The topological polar surface area (TPSA) is 52.6 Å². The molecular formula is C15H22O4. The summed E-state index contributed by atoms with van der Waals surface area (Å²) in [4.78, 5) is 24.0. The van der Waals surface area contributed by atoms with Crippen LogP contribution in [0.1, 0.15) is 46.0 Å². The van der Waals surface area contributed by atoms with E-state index in [0.29, 0.717) is 18.4 Å². The summed E-state index contributed by atoms with van der Waals surface area (Å²) in [5.41, 5.74) is -0.402. The van der Waals surface area contributed by atoms with Crippen molar-refractivity contribution >= 4 is 11.9 Å². The van der Waals surface area contributed by atoms with E-state index in [1.165, 1.54) is 12.8 Å². The maximum absolute atomic E-state index is 12.3. The summed E-state index contributed by atoms with van der Waals surface area (Å²) in [5, 5.41) is 0. The van der Waals surface area contributed by atoms with Crippen molar-refractivity contribution in [1.82, 2.24) is 0 Å². The molecule has 19 heavy (non-hydrogen) atoms. The number of rotatable bonds is 2. The summed E-state index contributed by atoms with van der Waals surface area (Å²) >= 11 is 0. The molecule has 1 aliphatic heterocycles. The Bertz CT molecular complexity index is 393. The van der Waals surface area contributed by atoms with E-state index in [0.717, 1.165) is 19.3 Å². The first-order chi connectivity index (χ1) is 8.97. The Morgan fingerprint density at radius 1 is 1.26 bits per heavy atom. The number of fused-ring (bicyclic) bond motifs is 3. The van der Waals surface area contributed by atoms with Crippen LogP contribution in [0.25, 0.3) is 0 Å². The molecule has 2 unspecified atom stereocenters. The van der Waals surface area contributed by atoms with Gasteiger partial charge in [0.1, 0.15) is 6.61 Å². The Morgan fingerprint density at radius 2 is 1.95 bits per heavy atom. The monoisotopic (exact) mass is 266 g/mol. The normalized spacial score (nSPS) is 40.0. The highest BCUT2D eigenvalue weighted by atomic mass is 16.6. The molecule has 1 saturated heterocycles. The average Bonchev–Trinajstić information content (AvgIpc) is 2.67. The van der Waals surface area contributed by atoms with Crippen molar-refractivity contribution in [2.75, 3.05) is 6.61 Å². The lowest BCUT2D eigenvalue weighted by Gasteiger charge is -2.41. The standard InChI is InChI=1S/C15H22O4/c1-15(2)8-18-14(17)12(15)19-13(16)11-7-9-3-5-10(11)6-4-9/h9-12H,3-8H2,1-2H3. The zero-order valence-electron chi connectivity index (χ0n) is 11.7. The summed E-state index contributed by atoms with van der Waals surface area (Å²) in [7, 11) is 0. The second kappa shape index (κ2) is 4.50. The van der Waals surface area contributed by atoms with Gasteiger partial charge in [0.2, 0.25) is 6.10 Å². The van der Waals surface area contributed by atoms with Gasteiger partial charge in [0, 0.05) is 5.41 Å². The van der Waals surface area contributed by atoms with E-state index in [1.807, 2.05) is 13.8 Å². The number of hydrogen-bond acceptors (Lipinski definition) is 4. The van der Waals surface area contributed by atoms with Crippen LogP contribution in [-0.2, 0) is 19.1 Å². The molecule has 0 aromatic carbocycles. The minimum atomic E-state index is -0.722. The zero-order chi connectivity index (χ0) is 13.6. The Kier molecular flexibility index (Phi) is 3.06. The highest BCUT2D eigenvalue weighted by molar-refractivity contribution is 5.82. The quantitative estimate of drug-likeness (QED) is 0.720. The molecule has 2 bridgehead atoms. The second-order valence-corrected chi connectivity index (χ2v) is 7.04. The maximum Gasteiger partial charge on any atom is 0.348 e. The SMILES string of the molecule is CC1(C)COC(=O)C1OC(=O)C1CC2CCC1CC2. The highest BCUT2D eigenvalue weighted by Gasteiger charge is 2.48. The van der Waals surface area contributed by atoms with Crippen molar-refractivity contribution in [2.45, 2.75) is 52.1 Å². The first-order valence-electron chi connectivity index (χ1n) is 7.34. The molecule has 4 fully saturated rings. The van der Waals surface area contributed by atoms with Gasteiger partial charge in [-0.3, -0.25) is 4.79 Å². The van der Waals surface area contributed by atoms with E-state index in [2.05, 4.69) is 0 Å². The van der Waals surface area contributed by atoms with Crippen molar-refractivity contribution in [3.63, 3.8) is 0 Å². The minimum Gasteiger partial charge on any atom is -0.462 e. The van der Waals surface area contributed by atoms with Crippen molar-refractivity contribution < 1.29 is 19.1 Å². The molecule has 4 heteroatoms. The number of carbonyl (C=O) groups is 2. The van der Waals surface area contributed by atoms with Crippen LogP contribution in [0.5, 0.6) is 0 Å². The van der Waals surface area contributed by atoms with Gasteiger partial charge in [0.25, 0.3) is 0 Å². The average molecular weight is 266 g/mol. The van der Waals surface area contributed by atoms with Crippen LogP contribution in [0, 0.1) is 23.2 Å². The van der Waals surface area contributed by atoms with Gasteiger partial charge in [-0.1, -0.05) is 26.7 Å². The number of carbonyl (C=O) groups excluding carboxylic acids is 2. The van der Waals surface area contributed by atoms with E-state index >= 15 is 0 Å². The van der Waals surface area contributed by atoms with Crippen LogP contribution < -0.4 is 0 Å². The lowest BCUT2D eigenvalue weighted by Crippen LogP contribution is -2.41. The fourth-order valence-corrected chi connectivity index (χ4v) is 3.81. The highest BCUT2D eigenvalue weighted by Crippen LogP contribution is 2.46. The van der Waals surface area contributed by atoms with E-state index in [1.54, 1.807) is 0 Å². The van der Waals surface area contributed by atoms with Gasteiger partial charge >= 0.3 is 11.9 Å². The molecule has 1 heterocycles. The lowest BCUT2D eigenvalue weighted by molar-refractivity contribution is -0.170. The molecule has 4 nitrogen and oxygen atoms in total. The molecule has 4 aliphatic rings. The summed E-state index contributed by atoms with van der Waals surface area (Å²) < 4.78 is 10.5. The lowest BCUT2D eigenvalue weighted by atomic mass is 9.65. The molecular weight excluding hydrogens is 244 g/mol. The molecule has 0 aromatic rings. The smallest absolute Gasteiger partial charge is 0.348 e. The molecule has 0 amide bonds. The first-order valence-corrected chi connectivity index (χ1v) is 7.34. The number of esters is 2. The largest absolute Gasteiger partial charge is 0.462 e. The predicted octanol–water partition coefficient (Wildman–Crippen LogP) is 2.31. The summed E-state index contributed by atoms with van der Waals surface area (Å²) in [5.74, 6) is 0.603. The molecule has 2 atom stereocenters. The van der Waals surface area contributed by atoms with Gasteiger partial charge in [-0.15, -0.1) is 0 Å². The predicted molar refractivity (Wildman–Crippen MR) is 68.2 cm³/mol. The maximum atomic E-state index is 12.3. The fourth-order valence-electron chi connectivity index (χ4n) is 3.81. The van der Waals surface area contributed by atoms with Crippen LogP contribution in [0.4, 0.5) is 0 Å². The van der Waals surface area contributed by atoms with E-state index in [-0.39, 0.29) is 17.9 Å². The molecule has 0 aromatic heterocycles. The Labute approximate surface area is 113 Å². The summed E-state index contributed by atoms with van der Waals surface area (Å²) in [6, 6.07) is 0. The minimum absolute atomic E-state index is 0.0108.